The zero-order valence-corrected chi connectivity index (χ0v) is 18.7. The Morgan fingerprint density at radius 2 is 1.91 bits per heavy atom. The molecule has 1 saturated heterocycles. The highest BCUT2D eigenvalue weighted by Crippen LogP contribution is 2.28. The van der Waals surface area contributed by atoms with Crippen LogP contribution in [0.25, 0.3) is 0 Å². The summed E-state index contributed by atoms with van der Waals surface area (Å²) in [6, 6.07) is 10.6. The Bertz CT molecular complexity index is 945. The van der Waals surface area contributed by atoms with Gasteiger partial charge >= 0.3 is 0 Å². The summed E-state index contributed by atoms with van der Waals surface area (Å²) in [6.07, 6.45) is 9.96. The average molecular weight is 467 g/mol. The topological polar surface area (TPSA) is 59.5 Å². The lowest BCUT2D eigenvalue weighted by Gasteiger charge is -2.34. The van der Waals surface area contributed by atoms with Gasteiger partial charge in [-0.05, 0) is 83.4 Å². The maximum atomic E-state index is 13.1. The fraction of sp³-hybridized carbons (Fsp3) is 0.421. The maximum Gasteiger partial charge on any atom is 0.243 e. The Morgan fingerprint density at radius 1 is 1.21 bits per heavy atom. The van der Waals surface area contributed by atoms with Crippen LogP contribution < -0.4 is 4.74 Å². The van der Waals surface area contributed by atoms with Crippen molar-refractivity contribution in [2.24, 2.45) is 0 Å². The van der Waals surface area contributed by atoms with Crippen LogP contribution in [-0.4, -0.2) is 102 Å². The van der Waals surface area contributed by atoms with Gasteiger partial charge in [0.25, 0.3) is 0 Å². The van der Waals surface area contributed by atoms with Gasteiger partial charge in [-0.2, -0.15) is 11.4 Å². The molecule has 3 rings (SSSR count). The Hall–Kier alpha value is -1.34. The van der Waals surface area contributed by atoms with Gasteiger partial charge in [0.15, 0.2) is 0 Å². The number of aryl methyl sites for hydroxylation is 1. The van der Waals surface area contributed by atoms with Gasteiger partial charge in [0, 0.05) is 25.0 Å². The summed E-state index contributed by atoms with van der Waals surface area (Å²) in [5, 5.41) is 0. The number of hydrogen-bond donors (Lipinski definition) is 0. The van der Waals surface area contributed by atoms with Crippen molar-refractivity contribution in [1.82, 2.24) is 9.29 Å². The Balaban J connectivity index is 0.000000387. The Kier molecular flexibility index (Phi) is 12.1. The maximum absolute atomic E-state index is 13.1. The number of benzene rings is 1. The van der Waals surface area contributed by atoms with E-state index in [2.05, 4.69) is 12.0 Å². The van der Waals surface area contributed by atoms with E-state index in [0.717, 1.165) is 44.1 Å². The molecule has 1 unspecified atom stereocenters. The van der Waals surface area contributed by atoms with Gasteiger partial charge in [-0.15, -0.1) is 15.5 Å². The van der Waals surface area contributed by atoms with Crippen molar-refractivity contribution in [3.8, 4) is 5.75 Å². The van der Waals surface area contributed by atoms with Gasteiger partial charge < -0.3 is 4.74 Å². The van der Waals surface area contributed by atoms with E-state index in [4.69, 9.17) is 20.2 Å². The summed E-state index contributed by atoms with van der Waals surface area (Å²) in [6.45, 7) is 0.589. The second kappa shape index (κ2) is 14.3. The van der Waals surface area contributed by atoms with Gasteiger partial charge in [0.1, 0.15) is 5.75 Å². The highest BCUT2D eigenvalue weighted by molar-refractivity contribution is 7.93. The number of hydrogen-bond acceptors (Lipinski definition) is 4. The van der Waals surface area contributed by atoms with Gasteiger partial charge in [-0.1, -0.05) is 26.6 Å². The molecule has 5 radical (unpaired) electrons. The predicted octanol–water partition coefficient (Wildman–Crippen LogP) is -2.57. The zero-order valence-electron chi connectivity index (χ0n) is 17.9. The summed E-state index contributed by atoms with van der Waals surface area (Å²) < 4.78 is 33.0. The van der Waals surface area contributed by atoms with Crippen molar-refractivity contribution in [2.45, 2.75) is 43.0 Å². The molecule has 1 aliphatic rings. The highest BCUT2D eigenvalue weighted by atomic mass is 32.2. The molecule has 0 aliphatic carbocycles. The standard InChI is InChI=1S/C19H24N2O3S.B9H9/c1-24-18-9-11-19(12-10-18)25(22,23)21-14-3-2-6-17(21)8-7-16-5-4-13-20-15-16;1-6-9(7(2)3)8(4)5/h4-5,9-13,15,17H,2-3,6-8,14H2,1H3;1-3H3/q;-3. The van der Waals surface area contributed by atoms with Crippen molar-refractivity contribution in [2.75, 3.05) is 13.7 Å². The van der Waals surface area contributed by atoms with E-state index in [0.29, 0.717) is 46.8 Å². The Morgan fingerprint density at radius 3 is 2.41 bits per heavy atom. The highest BCUT2D eigenvalue weighted by Gasteiger charge is 2.33. The van der Waals surface area contributed by atoms with E-state index in [1.54, 1.807) is 41.9 Å². The molecule has 2 heterocycles. The van der Waals surface area contributed by atoms with Gasteiger partial charge in [0.2, 0.25) is 10.0 Å². The fourth-order valence-electron chi connectivity index (χ4n) is 3.34. The number of aromatic nitrogens is 1. The first-order valence-corrected chi connectivity index (χ1v) is 11.8. The van der Waals surface area contributed by atoms with Crippen molar-refractivity contribution in [3.63, 3.8) is 0 Å². The molecule has 1 aliphatic heterocycles. The monoisotopic (exact) mass is 468 g/mol. The van der Waals surface area contributed by atoms with Crippen LogP contribution in [0.5, 0.6) is 5.75 Å². The number of sulfonamides is 1. The molecule has 34 heavy (non-hydrogen) atoms. The minimum atomic E-state index is -3.48. The molecule has 173 valence electrons. The summed E-state index contributed by atoms with van der Waals surface area (Å²) in [4.78, 5) is 4.47. The van der Waals surface area contributed by atoms with E-state index in [1.807, 2.05) is 18.3 Å². The SMILES string of the molecule is COc1ccc(S(=O)(=O)N2CCCCC2CCc2cccnc2)cc1.[B]B([B])B([B][BH3-])B([BH3-])[BH3-]. The molecule has 0 amide bonds. The minimum absolute atomic E-state index is 0.0116. The number of methoxy groups -OCH3 is 1. The van der Waals surface area contributed by atoms with Gasteiger partial charge in [-0.25, -0.2) is 8.42 Å². The number of nitrogens with zero attached hydrogens (tertiary/aromatic N) is 2. The number of rotatable bonds is 9. The molecule has 15 heteroatoms. The van der Waals surface area contributed by atoms with E-state index in [9.17, 15) is 8.42 Å². The molecule has 5 nitrogen and oxygen atoms in total. The van der Waals surface area contributed by atoms with Crippen molar-refractivity contribution in [3.05, 3.63) is 54.4 Å². The van der Waals surface area contributed by atoms with Crippen molar-refractivity contribution < 1.29 is 13.2 Å². The normalized spacial score (nSPS) is 16.1. The third-order valence-electron chi connectivity index (χ3n) is 5.17. The average Bonchev–Trinajstić information content (AvgIpc) is 2.84. The van der Waals surface area contributed by atoms with Crippen LogP contribution in [0.2, 0.25) is 0 Å². The van der Waals surface area contributed by atoms with Crippen molar-refractivity contribution >= 4 is 74.9 Å². The second-order valence-electron chi connectivity index (χ2n) is 7.50. The molecule has 1 aromatic heterocycles. The second-order valence-corrected chi connectivity index (χ2v) is 9.39. The summed E-state index contributed by atoms with van der Waals surface area (Å²) in [5.74, 6) is 0.658. The van der Waals surface area contributed by atoms with Gasteiger partial charge in [0.05, 0.1) is 12.0 Å². The van der Waals surface area contributed by atoms with Crippen LogP contribution >= 0.6 is 0 Å². The van der Waals surface area contributed by atoms with Crippen LogP contribution in [0.4, 0.5) is 0 Å². The molecular weight excluding hydrogens is 434 g/mol. The predicted molar refractivity (Wildman–Crippen MR) is 161 cm³/mol. The van der Waals surface area contributed by atoms with Crippen LogP contribution in [0.1, 0.15) is 31.2 Å². The molecule has 0 spiro atoms. The Labute approximate surface area is 213 Å². The van der Waals surface area contributed by atoms with Crippen LogP contribution in [0.3, 0.4) is 0 Å². The number of piperidine rings is 1. The third kappa shape index (κ3) is 8.40. The van der Waals surface area contributed by atoms with E-state index in [-0.39, 0.29) is 12.4 Å². The third-order valence-corrected chi connectivity index (χ3v) is 7.14. The number of ether oxygens (including phenoxy) is 1. The first-order valence-electron chi connectivity index (χ1n) is 10.3. The molecule has 1 aromatic carbocycles. The molecule has 2 aromatic rings. The zero-order chi connectivity index (χ0) is 25.1. The van der Waals surface area contributed by atoms with E-state index in [1.165, 1.54) is 0 Å². The van der Waals surface area contributed by atoms with Gasteiger partial charge in [-0.3, -0.25) is 11.4 Å². The molecular formula is C19H33B9N2O3S-3. The largest absolute Gasteiger partial charge is 0.497 e. The van der Waals surface area contributed by atoms with E-state index >= 15 is 0 Å². The smallest absolute Gasteiger partial charge is 0.243 e. The molecule has 1 fully saturated rings. The number of pyridine rings is 1. The first-order chi connectivity index (χ1) is 16.2. The molecule has 1 atom stereocenters. The van der Waals surface area contributed by atoms with Crippen LogP contribution in [-0.2, 0) is 16.4 Å². The minimum Gasteiger partial charge on any atom is -0.497 e. The lowest BCUT2D eigenvalue weighted by molar-refractivity contribution is 0.241. The van der Waals surface area contributed by atoms with Crippen LogP contribution in [0.15, 0.2) is 53.7 Å². The van der Waals surface area contributed by atoms with Crippen molar-refractivity contribution in [1.29, 1.82) is 0 Å². The molecule has 0 bridgehead atoms. The van der Waals surface area contributed by atoms with E-state index < -0.39 is 10.0 Å². The summed E-state index contributed by atoms with van der Waals surface area (Å²) in [5.41, 5.74) is 1.15. The van der Waals surface area contributed by atoms with Crippen LogP contribution in [0, 0.1) is 0 Å². The first kappa shape index (κ1) is 28.9. The fourth-order valence-corrected chi connectivity index (χ4v) is 5.06. The lowest BCUT2D eigenvalue weighted by atomic mass is 8.64. The molecule has 0 saturated carbocycles. The summed E-state index contributed by atoms with van der Waals surface area (Å²) >= 11 is 0. The molecule has 0 N–H and O–H groups in total. The lowest BCUT2D eigenvalue weighted by Crippen LogP contribution is -2.55. The summed E-state index contributed by atoms with van der Waals surface area (Å²) in [7, 11) is 13.3. The quantitative estimate of drug-likeness (QED) is 0.381.